The Balaban J connectivity index is 1.61. The molecule has 2 unspecified atom stereocenters. The Morgan fingerprint density at radius 3 is 2.61 bits per heavy atom. The lowest BCUT2D eigenvalue weighted by Crippen LogP contribution is -2.43. The third-order valence-corrected chi connectivity index (χ3v) is 5.35. The number of ether oxygens (including phenoxy) is 2. The van der Waals surface area contributed by atoms with Gasteiger partial charge in [0, 0.05) is 23.7 Å². The van der Waals surface area contributed by atoms with Crippen molar-refractivity contribution in [1.82, 2.24) is 5.32 Å². The molecule has 1 aliphatic rings. The number of rotatable bonds is 10. The summed E-state index contributed by atoms with van der Waals surface area (Å²) in [6.45, 7) is 5.79. The van der Waals surface area contributed by atoms with E-state index in [-0.39, 0.29) is 30.3 Å². The largest absolute Gasteiger partial charge is 0.508 e. The Kier molecular flexibility index (Phi) is 7.45. The molecule has 0 spiro atoms. The number of carbonyl (C=O) groups is 2. The van der Waals surface area contributed by atoms with Crippen molar-refractivity contribution in [2.24, 2.45) is 0 Å². The first-order chi connectivity index (χ1) is 15.6. The molecule has 0 bridgehead atoms. The fourth-order valence-electron chi connectivity index (χ4n) is 3.68. The summed E-state index contributed by atoms with van der Waals surface area (Å²) in [5.41, 5.74) is 1.34. The average molecular weight is 459 g/mol. The fraction of sp³-hybridized carbons (Fsp3) is 0.417. The van der Waals surface area contributed by atoms with E-state index < -0.39 is 18.2 Å². The number of amides is 1. The molecule has 3 rings (SSSR count). The standard InChI is InChI=1S/C24H30N2O7/c1-4-20(23(30)31)33-16-7-5-14(6-8-16)11-24(2,3)25-12-19(28)17-9-15(27)10-18-22(17)32-13-21(29)26-18/h5-10,19-20,25,27-28H,4,11-13H2,1-3H3,(H,26,29)(H,30,31). The molecule has 5 N–H and O–H groups in total. The van der Waals surface area contributed by atoms with Crippen LogP contribution in [0.2, 0.25) is 0 Å². The minimum absolute atomic E-state index is 0.0802. The second kappa shape index (κ2) is 10.1. The molecule has 1 aliphatic heterocycles. The third kappa shape index (κ3) is 6.36. The minimum Gasteiger partial charge on any atom is -0.508 e. The monoisotopic (exact) mass is 458 g/mol. The van der Waals surface area contributed by atoms with E-state index in [0.29, 0.717) is 35.6 Å². The molecule has 0 aromatic heterocycles. The number of carboxylic acid groups (broad SMARTS) is 1. The predicted molar refractivity (Wildman–Crippen MR) is 122 cm³/mol. The van der Waals surface area contributed by atoms with E-state index in [1.807, 2.05) is 26.0 Å². The van der Waals surface area contributed by atoms with E-state index in [1.165, 1.54) is 12.1 Å². The molecule has 178 valence electrons. The number of benzene rings is 2. The summed E-state index contributed by atoms with van der Waals surface area (Å²) in [5.74, 6) is -0.552. The lowest BCUT2D eigenvalue weighted by atomic mass is 9.94. The second-order valence-corrected chi connectivity index (χ2v) is 8.70. The highest BCUT2D eigenvalue weighted by atomic mass is 16.5. The number of aliphatic hydroxyl groups is 1. The summed E-state index contributed by atoms with van der Waals surface area (Å²) in [6.07, 6.45) is -0.842. The molecule has 0 radical (unpaired) electrons. The summed E-state index contributed by atoms with van der Waals surface area (Å²) in [5, 5.41) is 35.8. The number of aliphatic hydroxyl groups excluding tert-OH is 1. The van der Waals surface area contributed by atoms with Crippen LogP contribution in [0, 0.1) is 0 Å². The summed E-state index contributed by atoms with van der Waals surface area (Å²) >= 11 is 0. The number of anilines is 1. The first kappa shape index (κ1) is 24.3. The van der Waals surface area contributed by atoms with Crippen LogP contribution >= 0.6 is 0 Å². The topological polar surface area (TPSA) is 137 Å². The number of phenolic OH excluding ortho intramolecular Hbond substituents is 1. The number of fused-ring (bicyclic) bond motifs is 1. The molecule has 2 aromatic rings. The summed E-state index contributed by atoms with van der Waals surface area (Å²) < 4.78 is 11.0. The van der Waals surface area contributed by atoms with Crippen molar-refractivity contribution in [3.63, 3.8) is 0 Å². The van der Waals surface area contributed by atoms with E-state index in [4.69, 9.17) is 14.6 Å². The van der Waals surface area contributed by atoms with Crippen LogP contribution in [0.25, 0.3) is 0 Å². The van der Waals surface area contributed by atoms with Gasteiger partial charge in [-0.1, -0.05) is 19.1 Å². The maximum Gasteiger partial charge on any atom is 0.344 e. The van der Waals surface area contributed by atoms with Gasteiger partial charge in [0.1, 0.15) is 17.2 Å². The zero-order valence-corrected chi connectivity index (χ0v) is 18.9. The van der Waals surface area contributed by atoms with Crippen LogP contribution in [0.3, 0.4) is 0 Å². The SMILES string of the molecule is CCC(Oc1ccc(CC(C)(C)NCC(O)c2cc(O)cc3c2OCC(=O)N3)cc1)C(=O)O. The number of aromatic hydroxyl groups is 1. The Labute approximate surface area is 192 Å². The van der Waals surface area contributed by atoms with E-state index in [9.17, 15) is 19.8 Å². The van der Waals surface area contributed by atoms with E-state index >= 15 is 0 Å². The number of carbonyl (C=O) groups excluding carboxylic acids is 1. The summed E-state index contributed by atoms with van der Waals surface area (Å²) in [6, 6.07) is 10.1. The first-order valence-corrected chi connectivity index (χ1v) is 10.8. The number of carboxylic acids is 1. The third-order valence-electron chi connectivity index (χ3n) is 5.35. The van der Waals surface area contributed by atoms with Gasteiger partial charge in [0.15, 0.2) is 12.7 Å². The van der Waals surface area contributed by atoms with Crippen LogP contribution in [0.1, 0.15) is 44.4 Å². The molecule has 33 heavy (non-hydrogen) atoms. The normalized spacial score (nSPS) is 15.1. The lowest BCUT2D eigenvalue weighted by Gasteiger charge is -2.29. The van der Waals surface area contributed by atoms with Crippen LogP contribution in [0.4, 0.5) is 5.69 Å². The number of aliphatic carboxylic acids is 1. The van der Waals surface area contributed by atoms with Crippen molar-refractivity contribution < 1.29 is 34.4 Å². The molecule has 2 atom stereocenters. The van der Waals surface area contributed by atoms with Crippen molar-refractivity contribution in [3.05, 3.63) is 47.5 Å². The van der Waals surface area contributed by atoms with Gasteiger partial charge in [-0.05, 0) is 50.5 Å². The Morgan fingerprint density at radius 1 is 1.27 bits per heavy atom. The van der Waals surface area contributed by atoms with Crippen LogP contribution in [0.15, 0.2) is 36.4 Å². The van der Waals surface area contributed by atoms with Gasteiger partial charge >= 0.3 is 5.97 Å². The van der Waals surface area contributed by atoms with Gasteiger partial charge in [0.2, 0.25) is 0 Å². The molecule has 1 amide bonds. The zero-order chi connectivity index (χ0) is 24.2. The van der Waals surface area contributed by atoms with Crippen molar-refractivity contribution in [1.29, 1.82) is 0 Å². The van der Waals surface area contributed by atoms with E-state index in [2.05, 4.69) is 10.6 Å². The average Bonchev–Trinajstić information content (AvgIpc) is 2.75. The minimum atomic E-state index is -0.994. The van der Waals surface area contributed by atoms with Gasteiger partial charge in [-0.25, -0.2) is 4.79 Å². The summed E-state index contributed by atoms with van der Waals surface area (Å²) in [7, 11) is 0. The van der Waals surface area contributed by atoms with Gasteiger partial charge in [-0.2, -0.15) is 0 Å². The van der Waals surface area contributed by atoms with E-state index in [0.717, 1.165) is 5.56 Å². The molecular weight excluding hydrogens is 428 g/mol. The number of hydrogen-bond donors (Lipinski definition) is 5. The molecule has 2 aromatic carbocycles. The van der Waals surface area contributed by atoms with Gasteiger partial charge in [-0.3, -0.25) is 4.79 Å². The maximum absolute atomic E-state index is 11.5. The molecular formula is C24H30N2O7. The molecule has 0 saturated carbocycles. The lowest BCUT2D eigenvalue weighted by molar-refractivity contribution is -0.145. The fourth-order valence-corrected chi connectivity index (χ4v) is 3.68. The highest BCUT2D eigenvalue weighted by Crippen LogP contribution is 2.38. The smallest absolute Gasteiger partial charge is 0.344 e. The quantitative estimate of drug-likeness (QED) is 0.366. The van der Waals surface area contributed by atoms with Crippen molar-refractivity contribution in [2.45, 2.75) is 51.4 Å². The highest BCUT2D eigenvalue weighted by Gasteiger charge is 2.26. The molecule has 0 saturated heterocycles. The van der Waals surface area contributed by atoms with Crippen molar-refractivity contribution >= 4 is 17.6 Å². The first-order valence-electron chi connectivity index (χ1n) is 10.8. The van der Waals surface area contributed by atoms with Gasteiger partial charge < -0.3 is 35.4 Å². The highest BCUT2D eigenvalue weighted by molar-refractivity contribution is 5.96. The van der Waals surface area contributed by atoms with Crippen LogP contribution < -0.4 is 20.1 Å². The predicted octanol–water partition coefficient (Wildman–Crippen LogP) is 2.61. The molecule has 9 nitrogen and oxygen atoms in total. The Bertz CT molecular complexity index is 1000. The second-order valence-electron chi connectivity index (χ2n) is 8.70. The number of nitrogens with one attached hydrogen (secondary N) is 2. The molecule has 9 heteroatoms. The van der Waals surface area contributed by atoms with Gasteiger partial charge in [0.25, 0.3) is 5.91 Å². The number of hydrogen-bond acceptors (Lipinski definition) is 7. The number of phenols is 1. The summed E-state index contributed by atoms with van der Waals surface area (Å²) in [4.78, 5) is 22.7. The van der Waals surface area contributed by atoms with E-state index in [1.54, 1.807) is 19.1 Å². The van der Waals surface area contributed by atoms with Crippen LogP contribution in [-0.2, 0) is 16.0 Å². The van der Waals surface area contributed by atoms with Crippen LogP contribution in [-0.4, -0.2) is 52.0 Å². The maximum atomic E-state index is 11.5. The number of β-amino-alcohol motifs (C(OH)–C–C–N with tert-alkyl or cyclic N) is 1. The van der Waals surface area contributed by atoms with Crippen molar-refractivity contribution in [3.8, 4) is 17.2 Å². The molecule has 0 aliphatic carbocycles. The van der Waals surface area contributed by atoms with Gasteiger partial charge in [0.05, 0.1) is 11.8 Å². The molecule has 1 heterocycles. The molecule has 0 fully saturated rings. The zero-order valence-electron chi connectivity index (χ0n) is 18.9. The Hall–Kier alpha value is -3.30. The Morgan fingerprint density at radius 2 is 1.97 bits per heavy atom. The van der Waals surface area contributed by atoms with Crippen molar-refractivity contribution in [2.75, 3.05) is 18.5 Å². The van der Waals surface area contributed by atoms with Gasteiger partial charge in [-0.15, -0.1) is 0 Å². The van der Waals surface area contributed by atoms with Crippen LogP contribution in [0.5, 0.6) is 17.2 Å².